The molecule has 0 heterocycles. The van der Waals surface area contributed by atoms with Crippen LogP contribution in [0.1, 0.15) is 98.1 Å². The Kier molecular flexibility index (Phi) is 8.29. The normalized spacial score (nSPS) is 13.2. The van der Waals surface area contributed by atoms with Gasteiger partial charge in [-0.15, -0.1) is 0 Å². The van der Waals surface area contributed by atoms with E-state index in [1.165, 1.54) is 50.3 Å². The Balaban J connectivity index is 2.67. The molecular formula is C22H39P. The Hall–Kier alpha value is -0.350. The molecule has 0 bridgehead atoms. The van der Waals surface area contributed by atoms with Gasteiger partial charge in [0, 0.05) is 0 Å². The van der Waals surface area contributed by atoms with Crippen molar-refractivity contribution in [1.29, 1.82) is 0 Å². The van der Waals surface area contributed by atoms with Crippen LogP contribution in [0.3, 0.4) is 0 Å². The highest BCUT2D eigenvalue weighted by Crippen LogP contribution is 2.31. The molecule has 1 atom stereocenters. The van der Waals surface area contributed by atoms with Crippen molar-refractivity contribution in [2.24, 2.45) is 0 Å². The van der Waals surface area contributed by atoms with Crippen molar-refractivity contribution < 1.29 is 0 Å². The highest BCUT2D eigenvalue weighted by atomic mass is 31.1. The van der Waals surface area contributed by atoms with Gasteiger partial charge in [-0.1, -0.05) is 107 Å². The van der Waals surface area contributed by atoms with Crippen LogP contribution in [0.4, 0.5) is 0 Å². The van der Waals surface area contributed by atoms with E-state index in [0.717, 1.165) is 8.58 Å². The average molecular weight is 335 g/mol. The van der Waals surface area contributed by atoms with E-state index in [1.54, 1.807) is 10.9 Å². The van der Waals surface area contributed by atoms with Crippen molar-refractivity contribution in [3.8, 4) is 0 Å². The first-order valence-electron chi connectivity index (χ1n) is 9.55. The molecule has 0 N–H and O–H groups in total. The maximum Gasteiger partial charge on any atom is -0.0126 e. The summed E-state index contributed by atoms with van der Waals surface area (Å²) in [6.07, 6.45) is 9.77. The molecule has 0 radical (unpaired) electrons. The van der Waals surface area contributed by atoms with Crippen molar-refractivity contribution in [2.75, 3.05) is 6.16 Å². The summed E-state index contributed by atoms with van der Waals surface area (Å²) >= 11 is 0. The van der Waals surface area contributed by atoms with E-state index in [0.29, 0.717) is 0 Å². The van der Waals surface area contributed by atoms with E-state index >= 15 is 0 Å². The molecule has 132 valence electrons. The molecule has 0 fully saturated rings. The maximum absolute atomic E-state index is 2.48. The van der Waals surface area contributed by atoms with Gasteiger partial charge in [0.1, 0.15) is 0 Å². The van der Waals surface area contributed by atoms with Crippen LogP contribution < -0.4 is 5.30 Å². The second-order valence-corrected chi connectivity index (χ2v) is 10.3. The largest absolute Gasteiger partial charge is 0.0901 e. The van der Waals surface area contributed by atoms with Gasteiger partial charge >= 0.3 is 0 Å². The third-order valence-corrected chi connectivity index (χ3v) is 5.96. The van der Waals surface area contributed by atoms with Crippen LogP contribution in [0.5, 0.6) is 0 Å². The van der Waals surface area contributed by atoms with E-state index < -0.39 is 0 Å². The molecule has 0 aliphatic carbocycles. The molecule has 23 heavy (non-hydrogen) atoms. The number of benzene rings is 1. The summed E-state index contributed by atoms with van der Waals surface area (Å²) < 4.78 is 0. The minimum absolute atomic E-state index is 0.237. The van der Waals surface area contributed by atoms with Gasteiger partial charge in [-0.2, -0.15) is 0 Å². The molecule has 0 aliphatic heterocycles. The second-order valence-electron chi connectivity index (χ2n) is 8.95. The number of unbranched alkanes of at least 4 members (excludes halogenated alkanes) is 5. The molecule has 1 aromatic carbocycles. The topological polar surface area (TPSA) is 0 Å². The fraction of sp³-hybridized carbons (Fsp3) is 0.727. The van der Waals surface area contributed by atoms with E-state index in [9.17, 15) is 0 Å². The summed E-state index contributed by atoms with van der Waals surface area (Å²) in [6, 6.07) is 7.25. The molecule has 0 nitrogen and oxygen atoms in total. The zero-order chi connectivity index (χ0) is 17.5. The van der Waals surface area contributed by atoms with Gasteiger partial charge in [0.05, 0.1) is 0 Å². The highest BCUT2D eigenvalue weighted by Gasteiger charge is 2.21. The lowest BCUT2D eigenvalue weighted by molar-refractivity contribution is 0.571. The third kappa shape index (κ3) is 7.38. The Morgan fingerprint density at radius 3 is 1.96 bits per heavy atom. The van der Waals surface area contributed by atoms with Gasteiger partial charge in [-0.25, -0.2) is 0 Å². The number of hydrogen-bond acceptors (Lipinski definition) is 0. The lowest BCUT2D eigenvalue weighted by Gasteiger charge is -2.27. The van der Waals surface area contributed by atoms with Crippen molar-refractivity contribution in [3.05, 3.63) is 29.3 Å². The molecule has 1 rings (SSSR count). The number of rotatable bonds is 8. The number of hydrogen-bond donors (Lipinski definition) is 0. The van der Waals surface area contributed by atoms with Crippen LogP contribution in [-0.2, 0) is 10.8 Å². The predicted molar refractivity (Wildman–Crippen MR) is 110 cm³/mol. The molecule has 0 aromatic heterocycles. The van der Waals surface area contributed by atoms with Crippen LogP contribution in [0.15, 0.2) is 18.2 Å². The molecule has 0 saturated carbocycles. The average Bonchev–Trinajstić information content (AvgIpc) is 2.44. The smallest absolute Gasteiger partial charge is 0.0126 e. The zero-order valence-corrected chi connectivity index (χ0v) is 17.7. The van der Waals surface area contributed by atoms with Crippen LogP contribution in [-0.4, -0.2) is 6.16 Å². The van der Waals surface area contributed by atoms with Gasteiger partial charge in [-0.3, -0.25) is 0 Å². The third-order valence-electron chi connectivity index (χ3n) is 4.54. The molecule has 1 aromatic rings. The van der Waals surface area contributed by atoms with Crippen LogP contribution in [0, 0.1) is 0 Å². The maximum atomic E-state index is 2.48. The lowest BCUT2D eigenvalue weighted by atomic mass is 9.81. The molecule has 0 saturated heterocycles. The fourth-order valence-corrected chi connectivity index (χ4v) is 4.45. The van der Waals surface area contributed by atoms with Gasteiger partial charge in [0.2, 0.25) is 0 Å². The van der Waals surface area contributed by atoms with Crippen LogP contribution in [0.25, 0.3) is 0 Å². The first-order chi connectivity index (χ1) is 10.7. The highest BCUT2D eigenvalue weighted by molar-refractivity contribution is 7.47. The summed E-state index contributed by atoms with van der Waals surface area (Å²) in [4.78, 5) is 0. The van der Waals surface area contributed by atoms with Gasteiger partial charge in [-0.05, 0) is 39.8 Å². The first-order valence-corrected chi connectivity index (χ1v) is 10.8. The summed E-state index contributed by atoms with van der Waals surface area (Å²) in [5.41, 5.74) is 3.51. The lowest BCUT2D eigenvalue weighted by Crippen LogP contribution is -2.23. The first kappa shape index (κ1) is 20.7. The Morgan fingerprint density at radius 2 is 1.39 bits per heavy atom. The fourth-order valence-electron chi connectivity index (χ4n) is 2.91. The van der Waals surface area contributed by atoms with Crippen molar-refractivity contribution in [1.82, 2.24) is 0 Å². The van der Waals surface area contributed by atoms with E-state index in [-0.39, 0.29) is 10.8 Å². The van der Waals surface area contributed by atoms with E-state index in [4.69, 9.17) is 0 Å². The van der Waals surface area contributed by atoms with Crippen LogP contribution >= 0.6 is 8.58 Å². The minimum Gasteiger partial charge on any atom is -0.0901 e. The summed E-state index contributed by atoms with van der Waals surface area (Å²) in [5, 5.41) is 1.60. The molecule has 1 unspecified atom stereocenters. The summed E-state index contributed by atoms with van der Waals surface area (Å²) in [5.74, 6) is 0. The monoisotopic (exact) mass is 334 g/mol. The Labute approximate surface area is 147 Å². The van der Waals surface area contributed by atoms with Gasteiger partial charge < -0.3 is 0 Å². The SMILES string of the molecule is CCCCCCCCPc1ccc(C(C)(C)C)cc1C(C)(C)C. The van der Waals surface area contributed by atoms with Gasteiger partial charge in [0.25, 0.3) is 0 Å². The molecular weight excluding hydrogens is 295 g/mol. The van der Waals surface area contributed by atoms with E-state index in [2.05, 4.69) is 66.7 Å². The van der Waals surface area contributed by atoms with Crippen molar-refractivity contribution >= 4 is 13.9 Å². The van der Waals surface area contributed by atoms with Gasteiger partial charge in [0.15, 0.2) is 0 Å². The quantitative estimate of drug-likeness (QED) is 0.356. The Bertz CT molecular complexity index is 460. The second kappa shape index (κ2) is 9.22. The minimum atomic E-state index is 0.237. The summed E-state index contributed by atoms with van der Waals surface area (Å²) in [7, 11) is 0.969. The standard InChI is InChI=1S/C22H39P/c1-8-9-10-11-12-13-16-23-20-15-14-18(21(2,3)4)17-19(20)22(5,6)7/h14-15,17,23H,8-13,16H2,1-7H3. The van der Waals surface area contributed by atoms with Crippen LogP contribution in [0.2, 0.25) is 0 Å². The van der Waals surface area contributed by atoms with E-state index in [1.807, 2.05) is 0 Å². The Morgan fingerprint density at radius 1 is 0.783 bits per heavy atom. The molecule has 0 spiro atoms. The molecule has 0 amide bonds. The molecule has 0 aliphatic rings. The van der Waals surface area contributed by atoms with Crippen molar-refractivity contribution in [3.63, 3.8) is 0 Å². The predicted octanol–water partition coefficient (Wildman–Crippen LogP) is 6.95. The summed E-state index contributed by atoms with van der Waals surface area (Å²) in [6.45, 7) is 16.3. The molecule has 1 heteroatoms. The van der Waals surface area contributed by atoms with Crippen molar-refractivity contribution in [2.45, 2.75) is 97.8 Å². The zero-order valence-electron chi connectivity index (χ0n) is 16.7.